The van der Waals surface area contributed by atoms with E-state index in [4.69, 9.17) is 19.3 Å². The molecule has 0 aromatic heterocycles. The van der Waals surface area contributed by atoms with Crippen molar-refractivity contribution in [1.82, 2.24) is 5.01 Å². The van der Waals surface area contributed by atoms with Crippen LogP contribution in [-0.2, 0) is 0 Å². The topological polar surface area (TPSA) is 43.3 Å². The predicted molar refractivity (Wildman–Crippen MR) is 145 cm³/mol. The van der Waals surface area contributed by atoms with E-state index < -0.39 is 6.23 Å². The first kappa shape index (κ1) is 24.2. The Labute approximate surface area is 223 Å². The summed E-state index contributed by atoms with van der Waals surface area (Å²) in [5.41, 5.74) is 4.26. The maximum atomic E-state index is 6.61. The molecule has 35 heavy (non-hydrogen) atoms. The highest BCUT2D eigenvalue weighted by molar-refractivity contribution is 9.11. The lowest BCUT2D eigenvalue weighted by Crippen LogP contribution is -2.34. The number of unbranched alkanes of at least 4 members (excludes halogenated alkanes) is 2. The fourth-order valence-electron chi connectivity index (χ4n) is 4.63. The first-order valence-electron chi connectivity index (χ1n) is 12.0. The highest BCUT2D eigenvalue weighted by Crippen LogP contribution is 2.51. The Balaban J connectivity index is 1.52. The van der Waals surface area contributed by atoms with E-state index in [9.17, 15) is 0 Å². The summed E-state index contributed by atoms with van der Waals surface area (Å²) in [5, 5.41) is 7.15. The smallest absolute Gasteiger partial charge is 0.214 e. The van der Waals surface area contributed by atoms with Crippen molar-refractivity contribution in [2.75, 3.05) is 13.7 Å². The Morgan fingerprint density at radius 3 is 2.63 bits per heavy atom. The Bertz CT molecular complexity index is 1230. The van der Waals surface area contributed by atoms with Crippen LogP contribution in [-0.4, -0.2) is 24.4 Å². The molecule has 0 fully saturated rings. The van der Waals surface area contributed by atoms with Gasteiger partial charge in [-0.15, -0.1) is 0 Å². The van der Waals surface area contributed by atoms with E-state index >= 15 is 0 Å². The standard InChI is InChI=1S/C28H28Br2N2O3/c1-3-4-8-13-34-25-12-11-19(14-26(25)33-2)28-32-24(17-23(31-32)18-9-6-5-7-10-18)21-15-20(29)16-22(30)27(21)35-28/h5-7,9-12,14-16,24,28H,3-4,8,13,17H2,1-2H3/t24-,28+/m1/s1. The number of methoxy groups -OCH3 is 1. The summed E-state index contributed by atoms with van der Waals surface area (Å²) >= 11 is 7.36. The third kappa shape index (κ3) is 4.94. The summed E-state index contributed by atoms with van der Waals surface area (Å²) < 4.78 is 20.2. The summed E-state index contributed by atoms with van der Waals surface area (Å²) in [7, 11) is 1.67. The van der Waals surface area contributed by atoms with Crippen LogP contribution in [0.2, 0.25) is 0 Å². The average Bonchev–Trinajstić information content (AvgIpc) is 3.33. The second kappa shape index (κ2) is 10.6. The Hall–Kier alpha value is -2.51. The molecule has 0 amide bonds. The molecule has 0 bridgehead atoms. The molecule has 0 radical (unpaired) electrons. The van der Waals surface area contributed by atoms with Crippen LogP contribution in [0.15, 0.2) is 74.7 Å². The summed E-state index contributed by atoms with van der Waals surface area (Å²) in [4.78, 5) is 0. The maximum Gasteiger partial charge on any atom is 0.214 e. The van der Waals surface area contributed by atoms with Crippen molar-refractivity contribution in [3.63, 3.8) is 0 Å². The van der Waals surface area contributed by atoms with Crippen molar-refractivity contribution in [2.24, 2.45) is 5.10 Å². The SMILES string of the molecule is CCCCCOc1ccc([C@@H]2Oc3c(Br)cc(Br)cc3[C@H]3CC(c4ccccc4)=NN32)cc1OC. The third-order valence-electron chi connectivity index (χ3n) is 6.39. The van der Waals surface area contributed by atoms with E-state index in [-0.39, 0.29) is 6.04 Å². The number of ether oxygens (including phenoxy) is 3. The van der Waals surface area contributed by atoms with Gasteiger partial charge in [0.25, 0.3) is 0 Å². The molecule has 0 saturated heterocycles. The first-order valence-corrected chi connectivity index (χ1v) is 13.5. The van der Waals surface area contributed by atoms with E-state index in [1.54, 1.807) is 7.11 Å². The monoisotopic (exact) mass is 598 g/mol. The van der Waals surface area contributed by atoms with Crippen LogP contribution in [0.25, 0.3) is 0 Å². The minimum Gasteiger partial charge on any atom is -0.493 e. The van der Waals surface area contributed by atoms with Gasteiger partial charge in [0.2, 0.25) is 6.23 Å². The molecular formula is C28H28Br2N2O3. The molecule has 0 N–H and O–H groups in total. The fourth-order valence-corrected chi connectivity index (χ4v) is 5.98. The van der Waals surface area contributed by atoms with Gasteiger partial charge in [-0.3, -0.25) is 0 Å². The Morgan fingerprint density at radius 2 is 1.86 bits per heavy atom. The van der Waals surface area contributed by atoms with Gasteiger partial charge < -0.3 is 14.2 Å². The molecule has 2 heterocycles. The molecule has 3 aromatic carbocycles. The number of nitrogens with zero attached hydrogens (tertiary/aromatic N) is 2. The molecule has 0 saturated carbocycles. The fraction of sp³-hybridized carbons (Fsp3) is 0.321. The maximum absolute atomic E-state index is 6.61. The number of hydrogen-bond acceptors (Lipinski definition) is 5. The minimum atomic E-state index is -0.394. The van der Waals surface area contributed by atoms with E-state index in [2.05, 4.69) is 62.0 Å². The number of benzene rings is 3. The Morgan fingerprint density at radius 1 is 1.03 bits per heavy atom. The van der Waals surface area contributed by atoms with Gasteiger partial charge in [0.05, 0.1) is 29.9 Å². The quantitative estimate of drug-likeness (QED) is 0.246. The van der Waals surface area contributed by atoms with Crippen LogP contribution in [0.5, 0.6) is 17.2 Å². The van der Waals surface area contributed by atoms with Crippen LogP contribution in [0, 0.1) is 0 Å². The zero-order valence-corrected chi connectivity index (χ0v) is 23.0. The van der Waals surface area contributed by atoms with Gasteiger partial charge in [0, 0.05) is 22.0 Å². The van der Waals surface area contributed by atoms with Crippen molar-refractivity contribution >= 4 is 37.6 Å². The van der Waals surface area contributed by atoms with Crippen molar-refractivity contribution in [3.05, 3.63) is 86.3 Å². The van der Waals surface area contributed by atoms with Crippen LogP contribution >= 0.6 is 31.9 Å². The van der Waals surface area contributed by atoms with E-state index in [0.717, 1.165) is 68.5 Å². The van der Waals surface area contributed by atoms with Gasteiger partial charge in [0.1, 0.15) is 5.75 Å². The molecule has 0 aliphatic carbocycles. The summed E-state index contributed by atoms with van der Waals surface area (Å²) in [6.45, 7) is 2.86. The lowest BCUT2D eigenvalue weighted by Gasteiger charge is -2.38. The molecule has 5 nitrogen and oxygen atoms in total. The van der Waals surface area contributed by atoms with Gasteiger partial charge >= 0.3 is 0 Å². The van der Waals surface area contributed by atoms with E-state index in [1.165, 1.54) is 0 Å². The number of halogens is 2. The van der Waals surface area contributed by atoms with Crippen molar-refractivity contribution in [3.8, 4) is 17.2 Å². The van der Waals surface area contributed by atoms with Crippen molar-refractivity contribution in [1.29, 1.82) is 0 Å². The van der Waals surface area contributed by atoms with Gasteiger partial charge in [-0.05, 0) is 58.2 Å². The normalized spacial score (nSPS) is 18.4. The second-order valence-corrected chi connectivity index (χ2v) is 10.5. The van der Waals surface area contributed by atoms with Crippen LogP contribution < -0.4 is 14.2 Å². The van der Waals surface area contributed by atoms with Crippen LogP contribution in [0.4, 0.5) is 0 Å². The number of fused-ring (bicyclic) bond motifs is 3. The lowest BCUT2D eigenvalue weighted by molar-refractivity contribution is -0.0198. The molecule has 3 aromatic rings. The summed E-state index contributed by atoms with van der Waals surface area (Å²) in [5.74, 6) is 2.30. The summed E-state index contributed by atoms with van der Waals surface area (Å²) in [6.07, 6.45) is 3.75. The first-order chi connectivity index (χ1) is 17.1. The third-order valence-corrected chi connectivity index (χ3v) is 7.44. The van der Waals surface area contributed by atoms with E-state index in [0.29, 0.717) is 12.4 Å². The van der Waals surface area contributed by atoms with E-state index in [1.807, 2.05) is 42.5 Å². The highest BCUT2D eigenvalue weighted by atomic mass is 79.9. The second-order valence-electron chi connectivity index (χ2n) is 8.75. The molecule has 5 rings (SSSR count). The molecule has 7 heteroatoms. The number of hydrogen-bond donors (Lipinski definition) is 0. The molecule has 2 atom stereocenters. The number of hydrazone groups is 1. The molecule has 0 unspecified atom stereocenters. The largest absolute Gasteiger partial charge is 0.493 e. The van der Waals surface area contributed by atoms with Gasteiger partial charge in [-0.1, -0.05) is 66.0 Å². The van der Waals surface area contributed by atoms with Crippen molar-refractivity contribution in [2.45, 2.75) is 44.9 Å². The zero-order chi connectivity index (χ0) is 24.4. The highest BCUT2D eigenvalue weighted by Gasteiger charge is 2.42. The molecule has 2 aliphatic rings. The molecular weight excluding hydrogens is 572 g/mol. The van der Waals surface area contributed by atoms with Gasteiger partial charge in [-0.2, -0.15) is 5.10 Å². The predicted octanol–water partition coefficient (Wildman–Crippen LogP) is 8.03. The zero-order valence-electron chi connectivity index (χ0n) is 19.8. The van der Waals surface area contributed by atoms with Crippen molar-refractivity contribution < 1.29 is 14.2 Å². The average molecular weight is 600 g/mol. The van der Waals surface area contributed by atoms with Gasteiger partial charge in [-0.25, -0.2) is 5.01 Å². The minimum absolute atomic E-state index is 0.0590. The van der Waals surface area contributed by atoms with Gasteiger partial charge in [0.15, 0.2) is 11.5 Å². The van der Waals surface area contributed by atoms with Crippen LogP contribution in [0.1, 0.15) is 61.6 Å². The molecule has 2 aliphatic heterocycles. The molecule has 0 spiro atoms. The number of rotatable bonds is 8. The lowest BCUT2D eigenvalue weighted by atomic mass is 9.96. The summed E-state index contributed by atoms with van der Waals surface area (Å²) in [6, 6.07) is 20.6. The molecule has 182 valence electrons. The van der Waals surface area contributed by atoms with Crippen LogP contribution in [0.3, 0.4) is 0 Å². The Kier molecular flexibility index (Phi) is 7.35.